The first kappa shape index (κ1) is 8.53. The van der Waals surface area contributed by atoms with Crippen molar-refractivity contribution < 1.29 is 4.74 Å². The van der Waals surface area contributed by atoms with E-state index in [0.717, 1.165) is 35.7 Å². The highest BCUT2D eigenvalue weighted by Crippen LogP contribution is 2.30. The Balaban J connectivity index is 2.05. The highest BCUT2D eigenvalue weighted by molar-refractivity contribution is 6.04. The van der Waals surface area contributed by atoms with E-state index in [1.54, 1.807) is 0 Å². The number of nitrogens with two attached hydrogens (primary N) is 1. The van der Waals surface area contributed by atoms with Crippen LogP contribution < -0.4 is 5.73 Å². The average molecular weight is 200 g/mol. The summed E-state index contributed by atoms with van der Waals surface area (Å²) in [5.74, 6) is 0.740. The Morgan fingerprint density at radius 3 is 2.87 bits per heavy atom. The molecule has 76 valence electrons. The molecule has 1 heterocycles. The molecule has 1 aromatic carbocycles. The zero-order valence-electron chi connectivity index (χ0n) is 8.36. The molecule has 3 heteroatoms. The number of hydrogen-bond donors (Lipinski definition) is 1. The predicted octanol–water partition coefficient (Wildman–Crippen LogP) is 1.34. The van der Waals surface area contributed by atoms with Gasteiger partial charge in [0.25, 0.3) is 0 Å². The quantitative estimate of drug-likeness (QED) is 0.743. The number of nitrogens with zero attached hydrogens (tertiary/aromatic N) is 1. The molecule has 2 N–H and O–H groups in total. The second kappa shape index (κ2) is 3.12. The van der Waals surface area contributed by atoms with Crippen LogP contribution >= 0.6 is 0 Å². The lowest BCUT2D eigenvalue weighted by Gasteiger charge is -2.02. The maximum atomic E-state index is 6.09. The lowest BCUT2D eigenvalue weighted by molar-refractivity contribution is 0.347. The minimum atomic E-state index is 0.683. The molecular weight excluding hydrogens is 188 g/mol. The van der Waals surface area contributed by atoms with Crippen molar-refractivity contribution in [2.75, 3.05) is 13.2 Å². The molecule has 0 saturated heterocycles. The Labute approximate surface area is 88.3 Å². The molecule has 3 rings (SSSR count). The molecule has 0 spiro atoms. The fourth-order valence-corrected chi connectivity index (χ4v) is 2.09. The Kier molecular flexibility index (Phi) is 1.78. The topological polar surface area (TPSA) is 47.6 Å². The Morgan fingerprint density at radius 2 is 2.13 bits per heavy atom. The second-order valence-corrected chi connectivity index (χ2v) is 3.76. The van der Waals surface area contributed by atoms with Crippen LogP contribution in [0.2, 0.25) is 0 Å². The zero-order valence-corrected chi connectivity index (χ0v) is 8.36. The SMILES string of the molecule is NC1=C(C2=NCCO2)Cc2ccccc21. The van der Waals surface area contributed by atoms with Crippen molar-refractivity contribution in [1.82, 2.24) is 0 Å². The maximum absolute atomic E-state index is 6.09. The minimum Gasteiger partial charge on any atom is -0.476 e. The maximum Gasteiger partial charge on any atom is 0.214 e. The summed E-state index contributed by atoms with van der Waals surface area (Å²) in [5, 5.41) is 0. The Bertz CT molecular complexity index is 474. The number of hydrogen-bond acceptors (Lipinski definition) is 3. The first-order chi connectivity index (χ1) is 7.36. The number of rotatable bonds is 1. The third-order valence-corrected chi connectivity index (χ3v) is 2.84. The minimum absolute atomic E-state index is 0.683. The van der Waals surface area contributed by atoms with Gasteiger partial charge in [0.15, 0.2) is 0 Å². The van der Waals surface area contributed by atoms with E-state index in [9.17, 15) is 0 Å². The smallest absolute Gasteiger partial charge is 0.214 e. The van der Waals surface area contributed by atoms with Gasteiger partial charge in [0.2, 0.25) is 5.90 Å². The van der Waals surface area contributed by atoms with Gasteiger partial charge in [-0.05, 0) is 5.56 Å². The van der Waals surface area contributed by atoms with Crippen LogP contribution in [0.15, 0.2) is 34.8 Å². The van der Waals surface area contributed by atoms with Gasteiger partial charge in [-0.25, -0.2) is 4.99 Å². The molecule has 3 nitrogen and oxygen atoms in total. The molecule has 0 bridgehead atoms. The van der Waals surface area contributed by atoms with Gasteiger partial charge in [-0.2, -0.15) is 0 Å². The molecule has 0 saturated carbocycles. The summed E-state index contributed by atoms with van der Waals surface area (Å²) in [6, 6.07) is 8.19. The van der Waals surface area contributed by atoms with Gasteiger partial charge < -0.3 is 10.5 Å². The third kappa shape index (κ3) is 1.23. The molecular formula is C12H12N2O. The summed E-state index contributed by atoms with van der Waals surface area (Å²) < 4.78 is 5.45. The first-order valence-corrected chi connectivity index (χ1v) is 5.11. The van der Waals surface area contributed by atoms with Crippen LogP contribution in [0.1, 0.15) is 11.1 Å². The molecule has 2 aliphatic rings. The van der Waals surface area contributed by atoms with Gasteiger partial charge in [0.1, 0.15) is 6.61 Å². The molecule has 1 aliphatic carbocycles. The molecule has 1 aliphatic heterocycles. The summed E-state index contributed by atoms with van der Waals surface area (Å²) in [7, 11) is 0. The van der Waals surface area contributed by atoms with E-state index in [1.807, 2.05) is 18.2 Å². The van der Waals surface area contributed by atoms with Crippen molar-refractivity contribution in [1.29, 1.82) is 0 Å². The summed E-state index contributed by atoms with van der Waals surface area (Å²) in [6.45, 7) is 1.44. The zero-order chi connectivity index (χ0) is 10.3. The molecule has 0 atom stereocenters. The Hall–Kier alpha value is -1.77. The van der Waals surface area contributed by atoms with Crippen molar-refractivity contribution in [2.45, 2.75) is 6.42 Å². The van der Waals surface area contributed by atoms with E-state index in [0.29, 0.717) is 6.61 Å². The standard InChI is InChI=1S/C12H12N2O/c13-11-9-4-2-1-3-8(9)7-10(11)12-14-5-6-15-12/h1-4H,5-7,13H2. The van der Waals surface area contributed by atoms with E-state index in [-0.39, 0.29) is 0 Å². The van der Waals surface area contributed by atoms with Gasteiger partial charge >= 0.3 is 0 Å². The van der Waals surface area contributed by atoms with E-state index in [4.69, 9.17) is 10.5 Å². The Morgan fingerprint density at radius 1 is 1.27 bits per heavy atom. The second-order valence-electron chi connectivity index (χ2n) is 3.76. The van der Waals surface area contributed by atoms with E-state index >= 15 is 0 Å². The largest absolute Gasteiger partial charge is 0.476 e. The van der Waals surface area contributed by atoms with Gasteiger partial charge in [-0.3, -0.25) is 0 Å². The average Bonchev–Trinajstić information content (AvgIpc) is 2.87. The van der Waals surface area contributed by atoms with Crippen molar-refractivity contribution in [2.24, 2.45) is 10.7 Å². The number of ether oxygens (including phenoxy) is 1. The van der Waals surface area contributed by atoms with Crippen molar-refractivity contribution in [3.8, 4) is 0 Å². The monoisotopic (exact) mass is 200 g/mol. The van der Waals surface area contributed by atoms with Gasteiger partial charge in [0.05, 0.1) is 6.54 Å². The summed E-state index contributed by atoms with van der Waals surface area (Å²) in [4.78, 5) is 4.31. The molecule has 1 aromatic rings. The van der Waals surface area contributed by atoms with Gasteiger partial charge in [-0.15, -0.1) is 0 Å². The number of fused-ring (bicyclic) bond motifs is 1. The van der Waals surface area contributed by atoms with Crippen LogP contribution in [0.4, 0.5) is 0 Å². The van der Waals surface area contributed by atoms with E-state index < -0.39 is 0 Å². The molecule has 0 radical (unpaired) electrons. The summed E-state index contributed by atoms with van der Waals surface area (Å²) in [5.41, 5.74) is 10.4. The predicted molar refractivity (Wildman–Crippen MR) is 59.5 cm³/mol. The molecule has 0 unspecified atom stereocenters. The first-order valence-electron chi connectivity index (χ1n) is 5.11. The molecule has 0 fully saturated rings. The third-order valence-electron chi connectivity index (χ3n) is 2.84. The summed E-state index contributed by atoms with van der Waals surface area (Å²) >= 11 is 0. The number of benzene rings is 1. The van der Waals surface area contributed by atoms with Crippen LogP contribution in [0.3, 0.4) is 0 Å². The van der Waals surface area contributed by atoms with E-state index in [2.05, 4.69) is 11.1 Å². The lowest BCUT2D eigenvalue weighted by atomic mass is 10.1. The highest BCUT2D eigenvalue weighted by atomic mass is 16.5. The van der Waals surface area contributed by atoms with Crippen LogP contribution in [0.25, 0.3) is 5.70 Å². The van der Waals surface area contributed by atoms with Crippen LogP contribution in [-0.2, 0) is 11.2 Å². The van der Waals surface area contributed by atoms with Crippen LogP contribution in [-0.4, -0.2) is 19.0 Å². The lowest BCUT2D eigenvalue weighted by Crippen LogP contribution is -2.07. The molecule has 0 amide bonds. The van der Waals surface area contributed by atoms with Crippen molar-refractivity contribution in [3.63, 3.8) is 0 Å². The van der Waals surface area contributed by atoms with Gasteiger partial charge in [-0.1, -0.05) is 24.3 Å². The fourth-order valence-electron chi connectivity index (χ4n) is 2.09. The van der Waals surface area contributed by atoms with Crippen molar-refractivity contribution in [3.05, 3.63) is 41.0 Å². The normalized spacial score (nSPS) is 18.8. The highest BCUT2D eigenvalue weighted by Gasteiger charge is 2.24. The van der Waals surface area contributed by atoms with Crippen LogP contribution in [0, 0.1) is 0 Å². The van der Waals surface area contributed by atoms with E-state index in [1.165, 1.54) is 5.56 Å². The van der Waals surface area contributed by atoms with Gasteiger partial charge in [0, 0.05) is 23.3 Å². The van der Waals surface area contributed by atoms with Crippen LogP contribution in [0.5, 0.6) is 0 Å². The summed E-state index contributed by atoms with van der Waals surface area (Å²) in [6.07, 6.45) is 0.848. The number of aliphatic imine (C=N–C) groups is 1. The molecule has 0 aromatic heterocycles. The molecule has 15 heavy (non-hydrogen) atoms. The fraction of sp³-hybridized carbons (Fsp3) is 0.250. The van der Waals surface area contributed by atoms with Crippen molar-refractivity contribution >= 4 is 11.6 Å².